The van der Waals surface area contributed by atoms with E-state index in [0.717, 1.165) is 11.1 Å². The van der Waals surface area contributed by atoms with Gasteiger partial charge in [0.05, 0.1) is 19.7 Å². The molecule has 0 aliphatic carbocycles. The van der Waals surface area contributed by atoms with E-state index in [1.807, 2.05) is 18.2 Å². The van der Waals surface area contributed by atoms with E-state index in [9.17, 15) is 14.4 Å². The summed E-state index contributed by atoms with van der Waals surface area (Å²) in [4.78, 5) is 44.3. The smallest absolute Gasteiger partial charge is 0.272 e. The van der Waals surface area contributed by atoms with Crippen molar-refractivity contribution in [2.45, 2.75) is 31.5 Å². The normalized spacial score (nSPS) is 19.6. The highest BCUT2D eigenvalue weighted by Gasteiger charge is 2.38. The maximum Gasteiger partial charge on any atom is 0.272 e. The quantitative estimate of drug-likeness (QED) is 0.441. The maximum absolute atomic E-state index is 13.2. The van der Waals surface area contributed by atoms with Gasteiger partial charge in [-0.25, -0.2) is 4.98 Å². The van der Waals surface area contributed by atoms with Crippen LogP contribution in [0.4, 0.5) is 5.82 Å². The number of carbonyl (C=O) groups is 3. The highest BCUT2D eigenvalue weighted by Crippen LogP contribution is 2.29. The first-order valence-electron chi connectivity index (χ1n) is 13.0. The van der Waals surface area contributed by atoms with Crippen molar-refractivity contribution in [2.75, 3.05) is 32.5 Å². The summed E-state index contributed by atoms with van der Waals surface area (Å²) in [7, 11) is 1.52. The molecule has 3 aromatic rings. The summed E-state index contributed by atoms with van der Waals surface area (Å²) < 4.78 is 17.4. The number of hydrogen-bond donors (Lipinski definition) is 3. The van der Waals surface area contributed by atoms with Crippen LogP contribution in [0.25, 0.3) is 0 Å². The van der Waals surface area contributed by atoms with Crippen LogP contribution in [0.1, 0.15) is 28.0 Å². The number of hydrogen-bond acceptors (Lipinski definition) is 8. The molecule has 3 amide bonds. The molecule has 40 heavy (non-hydrogen) atoms. The molecule has 0 radical (unpaired) electrons. The van der Waals surface area contributed by atoms with Crippen LogP contribution < -0.4 is 30.6 Å². The van der Waals surface area contributed by atoms with Crippen molar-refractivity contribution in [1.82, 2.24) is 20.5 Å². The molecule has 0 unspecified atom stereocenters. The van der Waals surface area contributed by atoms with Gasteiger partial charge in [-0.15, -0.1) is 0 Å². The molecule has 5 aliphatic heterocycles. The average Bonchev–Trinajstić information content (AvgIpc) is 3.35. The average molecular weight is 546 g/mol. The number of aromatic nitrogens is 1. The van der Waals surface area contributed by atoms with Crippen LogP contribution in [0, 0.1) is 0 Å². The maximum atomic E-state index is 13.2. The Kier molecular flexibility index (Phi) is 7.99. The summed E-state index contributed by atoms with van der Waals surface area (Å²) in [6.07, 6.45) is 0.189. The van der Waals surface area contributed by atoms with E-state index in [0.29, 0.717) is 30.2 Å². The van der Waals surface area contributed by atoms with Crippen molar-refractivity contribution < 1.29 is 28.6 Å². The number of nitrogen functional groups attached to an aromatic ring is 1. The Balaban J connectivity index is 1.38. The fourth-order valence-corrected chi connectivity index (χ4v) is 4.71. The molecule has 4 N–H and O–H groups in total. The Labute approximate surface area is 231 Å². The Morgan fingerprint density at radius 1 is 1.02 bits per heavy atom. The number of rotatable bonds is 2. The number of benzene rings is 2. The van der Waals surface area contributed by atoms with Crippen LogP contribution in [-0.4, -0.2) is 66.6 Å². The van der Waals surface area contributed by atoms with Crippen molar-refractivity contribution in [1.29, 1.82) is 0 Å². The number of likely N-dealkylation sites (tertiary alicyclic amines) is 1. The molecule has 8 rings (SSSR count). The highest BCUT2D eigenvalue weighted by molar-refractivity contribution is 5.93. The van der Waals surface area contributed by atoms with Gasteiger partial charge in [-0.3, -0.25) is 14.4 Å². The molecule has 4 bridgehead atoms. The van der Waals surface area contributed by atoms with Gasteiger partial charge in [0.15, 0.2) is 18.1 Å². The van der Waals surface area contributed by atoms with Crippen molar-refractivity contribution in [3.63, 3.8) is 0 Å². The number of nitrogens with one attached hydrogen (secondary N) is 2. The highest BCUT2D eigenvalue weighted by atomic mass is 16.5. The number of anilines is 1. The largest absolute Gasteiger partial charge is 0.493 e. The monoisotopic (exact) mass is 545 g/mol. The van der Waals surface area contributed by atoms with E-state index < -0.39 is 12.1 Å². The third-order valence-electron chi connectivity index (χ3n) is 6.82. The van der Waals surface area contributed by atoms with Gasteiger partial charge in [-0.2, -0.15) is 0 Å². The van der Waals surface area contributed by atoms with Crippen molar-refractivity contribution in [3.05, 3.63) is 77.5 Å². The summed E-state index contributed by atoms with van der Waals surface area (Å²) in [5, 5.41) is 5.90. The van der Waals surface area contributed by atoms with E-state index in [2.05, 4.69) is 15.6 Å². The Morgan fingerprint density at radius 3 is 2.60 bits per heavy atom. The molecule has 11 nitrogen and oxygen atoms in total. The SMILES string of the molecule is COc1cc2ccc1OCC(=O)NCc1ccc(cc1)O[C@H]1CN(C(=O)c3cccc(N)n3)C[C@@H]1NC(=O)CC2. The van der Waals surface area contributed by atoms with Gasteiger partial charge in [0.2, 0.25) is 5.91 Å². The third-order valence-corrected chi connectivity index (χ3v) is 6.82. The number of carbonyl (C=O) groups excluding carboxylic acids is 3. The van der Waals surface area contributed by atoms with E-state index >= 15 is 0 Å². The standard InChI is InChI=1S/C29H31N5O6/c1-38-24-13-18-7-11-23(24)39-17-28(36)31-14-19-5-9-20(10-6-19)40-25-16-34(15-22(25)33-27(35)12-8-18)29(37)21-3-2-4-26(30)32-21/h2-7,9-11,13,22,25H,8,12,14-17H2,1H3,(H2,30,32)(H,31,36)(H,33,35)/t22-,25-/m0/s1. The van der Waals surface area contributed by atoms with E-state index in [-0.39, 0.29) is 55.4 Å². The lowest BCUT2D eigenvalue weighted by Crippen LogP contribution is -2.45. The van der Waals surface area contributed by atoms with Gasteiger partial charge < -0.3 is 35.5 Å². The first-order valence-corrected chi connectivity index (χ1v) is 13.0. The molecule has 208 valence electrons. The lowest BCUT2D eigenvalue weighted by molar-refractivity contribution is -0.123. The Morgan fingerprint density at radius 2 is 1.82 bits per heavy atom. The zero-order chi connectivity index (χ0) is 28.1. The lowest BCUT2D eigenvalue weighted by Gasteiger charge is -2.21. The molecule has 5 aliphatic rings. The van der Waals surface area contributed by atoms with Crippen LogP contribution >= 0.6 is 0 Å². The van der Waals surface area contributed by atoms with Gasteiger partial charge in [-0.05, 0) is 53.9 Å². The van der Waals surface area contributed by atoms with Crippen LogP contribution in [0.15, 0.2) is 60.7 Å². The van der Waals surface area contributed by atoms with Gasteiger partial charge in [0.25, 0.3) is 11.8 Å². The van der Waals surface area contributed by atoms with Crippen molar-refractivity contribution >= 4 is 23.5 Å². The Bertz CT molecular complexity index is 1400. The Hall–Kier alpha value is -4.80. The minimum atomic E-state index is -0.485. The molecule has 1 fully saturated rings. The second-order valence-electron chi connectivity index (χ2n) is 9.68. The van der Waals surface area contributed by atoms with Gasteiger partial charge in [0.1, 0.15) is 23.4 Å². The second-order valence-corrected chi connectivity index (χ2v) is 9.68. The molecule has 0 spiro atoms. The minimum Gasteiger partial charge on any atom is -0.493 e. The summed E-state index contributed by atoms with van der Waals surface area (Å²) >= 11 is 0. The zero-order valence-corrected chi connectivity index (χ0v) is 22.1. The molecular formula is C29H31N5O6. The first-order chi connectivity index (χ1) is 19.4. The molecule has 1 saturated heterocycles. The van der Waals surface area contributed by atoms with Crippen LogP contribution in [0.2, 0.25) is 0 Å². The van der Waals surface area contributed by atoms with Crippen molar-refractivity contribution in [3.8, 4) is 17.2 Å². The second kappa shape index (κ2) is 11.9. The number of pyridine rings is 1. The van der Waals surface area contributed by atoms with Gasteiger partial charge >= 0.3 is 0 Å². The number of amides is 3. The number of nitrogens with zero attached hydrogens (tertiary/aromatic N) is 2. The number of aryl methyl sites for hydroxylation is 1. The topological polar surface area (TPSA) is 145 Å². The molecule has 0 saturated carbocycles. The summed E-state index contributed by atoms with van der Waals surface area (Å²) in [6.45, 7) is 0.672. The fraction of sp³-hybridized carbons (Fsp3) is 0.310. The molecular weight excluding hydrogens is 514 g/mol. The molecule has 11 heteroatoms. The molecule has 6 heterocycles. The fourth-order valence-electron chi connectivity index (χ4n) is 4.71. The third kappa shape index (κ3) is 6.42. The predicted octanol–water partition coefficient (Wildman–Crippen LogP) is 1.70. The summed E-state index contributed by atoms with van der Waals surface area (Å²) in [5.74, 6) is 1.02. The lowest BCUT2D eigenvalue weighted by atomic mass is 10.1. The minimum absolute atomic E-state index is 0.164. The first kappa shape index (κ1) is 26.8. The van der Waals surface area contributed by atoms with Crippen LogP contribution in [0.3, 0.4) is 0 Å². The van der Waals surface area contributed by atoms with Crippen LogP contribution in [-0.2, 0) is 22.6 Å². The van der Waals surface area contributed by atoms with E-state index in [1.165, 1.54) is 7.11 Å². The summed E-state index contributed by atoms with van der Waals surface area (Å²) in [6, 6.07) is 17.1. The number of nitrogens with two attached hydrogens (primary N) is 1. The molecule has 2 atom stereocenters. The zero-order valence-electron chi connectivity index (χ0n) is 22.1. The van der Waals surface area contributed by atoms with Gasteiger partial charge in [-0.1, -0.05) is 24.3 Å². The van der Waals surface area contributed by atoms with Crippen molar-refractivity contribution in [2.24, 2.45) is 0 Å². The number of ether oxygens (including phenoxy) is 3. The predicted molar refractivity (Wildman–Crippen MR) is 146 cm³/mol. The van der Waals surface area contributed by atoms with Crippen LogP contribution in [0.5, 0.6) is 17.2 Å². The van der Waals surface area contributed by atoms with E-state index in [4.69, 9.17) is 19.9 Å². The molecule has 1 aromatic heterocycles. The molecule has 2 aromatic carbocycles. The number of methoxy groups -OCH3 is 1. The summed E-state index contributed by atoms with van der Waals surface area (Å²) in [5.41, 5.74) is 7.76. The van der Waals surface area contributed by atoms with E-state index in [1.54, 1.807) is 47.4 Å². The van der Waals surface area contributed by atoms with Gasteiger partial charge in [0, 0.05) is 19.5 Å².